The SMILES string of the molecule is COP(=O)(CC(=O)[C@H]1C[C@@H](OC2CCCCO2)C[C@H]1/C=C/CCC[C@H](C)OC(=O)C=O)OC. The number of unbranched alkanes of at least 4 members (excludes halogenated alkanes) is 1. The molecule has 33 heavy (non-hydrogen) atoms. The normalized spacial score (nSPS) is 26.9. The Bertz CT molecular complexity index is 709. The van der Waals surface area contributed by atoms with Gasteiger partial charge in [-0.25, -0.2) is 4.79 Å². The highest BCUT2D eigenvalue weighted by atomic mass is 31.2. The van der Waals surface area contributed by atoms with Gasteiger partial charge in [0.15, 0.2) is 6.29 Å². The van der Waals surface area contributed by atoms with Crippen molar-refractivity contribution in [2.75, 3.05) is 27.0 Å². The molecule has 0 aromatic carbocycles. The van der Waals surface area contributed by atoms with E-state index in [4.69, 9.17) is 23.3 Å². The van der Waals surface area contributed by atoms with Crippen molar-refractivity contribution in [1.82, 2.24) is 0 Å². The van der Waals surface area contributed by atoms with Gasteiger partial charge in [0.2, 0.25) is 6.29 Å². The van der Waals surface area contributed by atoms with Gasteiger partial charge in [-0.1, -0.05) is 12.2 Å². The highest BCUT2D eigenvalue weighted by molar-refractivity contribution is 7.54. The number of aldehydes is 1. The van der Waals surface area contributed by atoms with Gasteiger partial charge >= 0.3 is 13.6 Å². The maximum absolute atomic E-state index is 13.0. The fraction of sp³-hybridized carbons (Fsp3) is 0.783. The van der Waals surface area contributed by atoms with Gasteiger partial charge in [-0.3, -0.25) is 14.2 Å². The summed E-state index contributed by atoms with van der Waals surface area (Å²) in [6.45, 7) is 2.43. The Labute approximate surface area is 196 Å². The average Bonchev–Trinajstić information content (AvgIpc) is 3.21. The van der Waals surface area contributed by atoms with Gasteiger partial charge in [0.1, 0.15) is 11.9 Å². The number of allylic oxidation sites excluding steroid dienone is 2. The molecule has 0 aromatic heterocycles. The minimum Gasteiger partial charge on any atom is -0.457 e. The smallest absolute Gasteiger partial charge is 0.371 e. The van der Waals surface area contributed by atoms with Crippen molar-refractivity contribution in [2.45, 2.75) is 76.8 Å². The van der Waals surface area contributed by atoms with Crippen LogP contribution < -0.4 is 0 Å². The largest absolute Gasteiger partial charge is 0.457 e. The van der Waals surface area contributed by atoms with Gasteiger partial charge in [0.25, 0.3) is 0 Å². The zero-order valence-electron chi connectivity index (χ0n) is 19.8. The first-order valence-corrected chi connectivity index (χ1v) is 13.4. The van der Waals surface area contributed by atoms with E-state index in [0.29, 0.717) is 25.9 Å². The molecular formula is C23H37O9P. The van der Waals surface area contributed by atoms with Gasteiger partial charge in [0.05, 0.1) is 12.2 Å². The highest BCUT2D eigenvalue weighted by Gasteiger charge is 2.41. The molecule has 9 nitrogen and oxygen atoms in total. The fourth-order valence-electron chi connectivity index (χ4n) is 4.34. The number of ketones is 1. The number of esters is 1. The minimum atomic E-state index is -3.44. The quantitative estimate of drug-likeness (QED) is 0.0898. The van der Waals surface area contributed by atoms with Crippen LogP contribution in [0.15, 0.2) is 12.2 Å². The predicted octanol–water partition coefficient (Wildman–Crippen LogP) is 3.84. The first kappa shape index (κ1) is 27.9. The summed E-state index contributed by atoms with van der Waals surface area (Å²) >= 11 is 0. The monoisotopic (exact) mass is 488 g/mol. The lowest BCUT2D eigenvalue weighted by molar-refractivity contribution is -0.187. The second-order valence-corrected chi connectivity index (χ2v) is 10.9. The molecule has 2 fully saturated rings. The zero-order chi connectivity index (χ0) is 24.3. The summed E-state index contributed by atoms with van der Waals surface area (Å²) in [4.78, 5) is 34.4. The maximum atomic E-state index is 13.0. The number of hydrogen-bond acceptors (Lipinski definition) is 9. The number of Topliss-reactive ketones (excluding diaryl/α,β-unsaturated/α-hetero) is 1. The van der Waals surface area contributed by atoms with Crippen molar-refractivity contribution in [3.63, 3.8) is 0 Å². The molecule has 10 heteroatoms. The Hall–Kier alpha value is -1.38. The molecule has 1 saturated heterocycles. The molecule has 1 aliphatic carbocycles. The molecule has 0 radical (unpaired) electrons. The molecule has 5 atom stereocenters. The lowest BCUT2D eigenvalue weighted by atomic mass is 9.92. The van der Waals surface area contributed by atoms with E-state index >= 15 is 0 Å². The second kappa shape index (κ2) is 14.1. The van der Waals surface area contributed by atoms with Crippen molar-refractivity contribution < 1.29 is 42.2 Å². The van der Waals surface area contributed by atoms with E-state index in [0.717, 1.165) is 32.1 Å². The molecule has 0 bridgehead atoms. The van der Waals surface area contributed by atoms with Crippen LogP contribution in [0, 0.1) is 11.8 Å². The van der Waals surface area contributed by atoms with Crippen LogP contribution in [-0.4, -0.2) is 63.5 Å². The lowest BCUT2D eigenvalue weighted by Gasteiger charge is -2.26. The third-order valence-electron chi connectivity index (χ3n) is 6.15. The van der Waals surface area contributed by atoms with Crippen molar-refractivity contribution >= 4 is 25.6 Å². The van der Waals surface area contributed by atoms with Crippen molar-refractivity contribution in [2.24, 2.45) is 11.8 Å². The second-order valence-electron chi connectivity index (χ2n) is 8.62. The van der Waals surface area contributed by atoms with Gasteiger partial charge in [-0.2, -0.15) is 0 Å². The molecule has 2 aliphatic rings. The van der Waals surface area contributed by atoms with E-state index in [1.54, 1.807) is 6.92 Å². The molecule has 188 valence electrons. The molecule has 1 aliphatic heterocycles. The number of carbonyl (C=O) groups is 3. The molecular weight excluding hydrogens is 451 g/mol. The van der Waals surface area contributed by atoms with Crippen LogP contribution in [0.5, 0.6) is 0 Å². The van der Waals surface area contributed by atoms with E-state index in [1.807, 2.05) is 12.2 Å². The Balaban J connectivity index is 1.94. The summed E-state index contributed by atoms with van der Waals surface area (Å²) in [5.41, 5.74) is 0. The van der Waals surface area contributed by atoms with Crippen LogP contribution in [0.1, 0.15) is 58.3 Å². The van der Waals surface area contributed by atoms with Crippen LogP contribution >= 0.6 is 7.60 Å². The summed E-state index contributed by atoms with van der Waals surface area (Å²) < 4.78 is 39.2. The highest BCUT2D eigenvalue weighted by Crippen LogP contribution is 2.48. The number of rotatable bonds is 14. The van der Waals surface area contributed by atoms with Gasteiger partial charge in [-0.15, -0.1) is 0 Å². The van der Waals surface area contributed by atoms with Crippen molar-refractivity contribution in [1.29, 1.82) is 0 Å². The Morgan fingerprint density at radius 1 is 1.18 bits per heavy atom. The zero-order valence-corrected chi connectivity index (χ0v) is 20.7. The standard InChI is InChI=1S/C23H37O9P/c1-17(31-22(26)15-24)9-5-4-6-10-18-13-19(32-23-11-7-8-12-30-23)14-20(18)21(25)16-33(27,28-2)29-3/h6,10,15,17-20,23H,4-5,7-9,11-14,16H2,1-3H3/b10-6+/t17-,18+,19-,20-,23?/m0/s1. The van der Waals surface area contributed by atoms with Crippen LogP contribution in [-0.2, 0) is 42.2 Å². The van der Waals surface area contributed by atoms with E-state index in [9.17, 15) is 18.9 Å². The summed E-state index contributed by atoms with van der Waals surface area (Å²) in [5, 5.41) is 0. The minimum absolute atomic E-state index is 0.0430. The van der Waals surface area contributed by atoms with Gasteiger partial charge < -0.3 is 23.3 Å². The number of ether oxygens (including phenoxy) is 3. The van der Waals surface area contributed by atoms with E-state index in [2.05, 4.69) is 0 Å². The topological polar surface area (TPSA) is 114 Å². The van der Waals surface area contributed by atoms with Crippen LogP contribution in [0.3, 0.4) is 0 Å². The summed E-state index contributed by atoms with van der Waals surface area (Å²) in [6, 6.07) is 0. The molecule has 0 spiro atoms. The van der Waals surface area contributed by atoms with Crippen molar-refractivity contribution in [3.8, 4) is 0 Å². The lowest BCUT2D eigenvalue weighted by Crippen LogP contribution is -2.27. The Morgan fingerprint density at radius 3 is 2.58 bits per heavy atom. The summed E-state index contributed by atoms with van der Waals surface area (Å²) in [7, 11) is -0.876. The number of hydrogen-bond donors (Lipinski definition) is 0. The van der Waals surface area contributed by atoms with E-state index in [1.165, 1.54) is 14.2 Å². The van der Waals surface area contributed by atoms with Crippen LogP contribution in [0.2, 0.25) is 0 Å². The van der Waals surface area contributed by atoms with E-state index < -0.39 is 13.6 Å². The first-order chi connectivity index (χ1) is 15.8. The van der Waals surface area contributed by atoms with Gasteiger partial charge in [0, 0.05) is 26.7 Å². The molecule has 1 saturated carbocycles. The van der Waals surface area contributed by atoms with E-state index in [-0.39, 0.29) is 48.6 Å². The predicted molar refractivity (Wildman–Crippen MR) is 121 cm³/mol. The third kappa shape index (κ3) is 9.41. The Morgan fingerprint density at radius 2 is 1.94 bits per heavy atom. The van der Waals surface area contributed by atoms with Crippen LogP contribution in [0.4, 0.5) is 0 Å². The molecule has 0 amide bonds. The van der Waals surface area contributed by atoms with Crippen molar-refractivity contribution in [3.05, 3.63) is 12.2 Å². The molecule has 2 rings (SSSR count). The average molecular weight is 489 g/mol. The maximum Gasteiger partial charge on any atom is 0.371 e. The number of carbonyl (C=O) groups excluding carboxylic acids is 3. The molecule has 1 heterocycles. The molecule has 1 unspecified atom stereocenters. The summed E-state index contributed by atoms with van der Waals surface area (Å²) in [5.74, 6) is -1.39. The Kier molecular flexibility index (Phi) is 11.9. The van der Waals surface area contributed by atoms with Crippen LogP contribution in [0.25, 0.3) is 0 Å². The fourth-order valence-corrected chi connectivity index (χ4v) is 5.36. The third-order valence-corrected chi connectivity index (χ3v) is 7.96. The summed E-state index contributed by atoms with van der Waals surface area (Å²) in [6.07, 6.45) is 9.60. The van der Waals surface area contributed by atoms with Gasteiger partial charge in [-0.05, 0) is 64.2 Å². The molecule has 0 N–H and O–H groups in total. The molecule has 0 aromatic rings. The first-order valence-electron chi connectivity index (χ1n) is 11.6.